The molecule has 0 aliphatic carbocycles. The van der Waals surface area contributed by atoms with E-state index < -0.39 is 5.41 Å². The molecule has 0 saturated carbocycles. The SMILES string of the molecule is Cn1cccc1C1(c2cccn2C)C(=O)Nc2ccccc21. The molecule has 0 spiro atoms. The van der Waals surface area contributed by atoms with Gasteiger partial charge in [0.15, 0.2) is 5.41 Å². The van der Waals surface area contributed by atoms with Crippen LogP contribution in [-0.4, -0.2) is 15.0 Å². The first-order valence-corrected chi connectivity index (χ1v) is 7.30. The van der Waals surface area contributed by atoms with E-state index in [4.69, 9.17) is 0 Å². The topological polar surface area (TPSA) is 39.0 Å². The molecule has 0 bridgehead atoms. The summed E-state index contributed by atoms with van der Waals surface area (Å²) in [5.74, 6) is -0.00250. The highest BCUT2D eigenvalue weighted by molar-refractivity contribution is 6.10. The number of rotatable bonds is 2. The van der Waals surface area contributed by atoms with Gasteiger partial charge in [-0.2, -0.15) is 0 Å². The maximum atomic E-state index is 13.1. The van der Waals surface area contributed by atoms with Gasteiger partial charge in [-0.1, -0.05) is 18.2 Å². The number of nitrogens with zero attached hydrogens (tertiary/aromatic N) is 2. The number of amides is 1. The second-order valence-corrected chi connectivity index (χ2v) is 5.76. The molecule has 110 valence electrons. The Balaban J connectivity index is 2.14. The number of carbonyl (C=O) groups is 1. The highest BCUT2D eigenvalue weighted by Crippen LogP contribution is 2.47. The summed E-state index contributed by atoms with van der Waals surface area (Å²) in [6.45, 7) is 0. The third kappa shape index (κ3) is 1.44. The predicted molar refractivity (Wildman–Crippen MR) is 85.8 cm³/mol. The Morgan fingerprint density at radius 2 is 1.45 bits per heavy atom. The second-order valence-electron chi connectivity index (χ2n) is 5.76. The van der Waals surface area contributed by atoms with E-state index in [1.165, 1.54) is 0 Å². The Morgan fingerprint density at radius 3 is 2.00 bits per heavy atom. The minimum atomic E-state index is -0.812. The fraction of sp³-hybridized carbons (Fsp3) is 0.167. The van der Waals surface area contributed by atoms with Crippen molar-refractivity contribution in [3.05, 3.63) is 77.9 Å². The molecule has 0 unspecified atom stereocenters. The molecule has 1 aliphatic rings. The van der Waals surface area contributed by atoms with Crippen molar-refractivity contribution in [3.8, 4) is 0 Å². The number of nitrogens with one attached hydrogen (secondary N) is 1. The first-order valence-electron chi connectivity index (χ1n) is 7.30. The average molecular weight is 291 g/mol. The molecule has 1 N–H and O–H groups in total. The number of hydrogen-bond donors (Lipinski definition) is 1. The zero-order valence-electron chi connectivity index (χ0n) is 12.6. The van der Waals surface area contributed by atoms with Crippen molar-refractivity contribution in [2.24, 2.45) is 14.1 Å². The first-order chi connectivity index (χ1) is 10.7. The van der Waals surface area contributed by atoms with Crippen molar-refractivity contribution in [1.29, 1.82) is 0 Å². The first kappa shape index (κ1) is 13.0. The molecule has 3 aromatic rings. The molecule has 4 nitrogen and oxygen atoms in total. The Kier molecular flexibility index (Phi) is 2.57. The van der Waals surface area contributed by atoms with Crippen LogP contribution in [0.5, 0.6) is 0 Å². The minimum absolute atomic E-state index is 0.00250. The second kappa shape index (κ2) is 4.37. The van der Waals surface area contributed by atoms with Gasteiger partial charge in [-0.15, -0.1) is 0 Å². The van der Waals surface area contributed by atoms with E-state index in [0.29, 0.717) is 0 Å². The molecular weight excluding hydrogens is 274 g/mol. The number of para-hydroxylation sites is 1. The summed E-state index contributed by atoms with van der Waals surface area (Å²) < 4.78 is 4.04. The van der Waals surface area contributed by atoms with Crippen LogP contribution < -0.4 is 5.32 Å². The molecule has 1 aliphatic heterocycles. The van der Waals surface area contributed by atoms with Gasteiger partial charge in [-0.3, -0.25) is 4.79 Å². The Bertz CT molecular complexity index is 832. The highest BCUT2D eigenvalue weighted by Gasteiger charge is 2.52. The van der Waals surface area contributed by atoms with E-state index in [1.807, 2.05) is 84.2 Å². The molecule has 3 heterocycles. The lowest BCUT2D eigenvalue weighted by molar-refractivity contribution is -0.118. The van der Waals surface area contributed by atoms with Gasteiger partial charge >= 0.3 is 0 Å². The molecular formula is C18H17N3O. The third-order valence-electron chi connectivity index (χ3n) is 4.58. The molecule has 22 heavy (non-hydrogen) atoms. The zero-order chi connectivity index (χ0) is 15.3. The summed E-state index contributed by atoms with van der Waals surface area (Å²) in [5, 5.41) is 3.05. The third-order valence-corrected chi connectivity index (χ3v) is 4.58. The lowest BCUT2D eigenvalue weighted by Gasteiger charge is -2.29. The highest BCUT2D eigenvalue weighted by atomic mass is 16.2. The van der Waals surface area contributed by atoms with Crippen LogP contribution in [0.3, 0.4) is 0 Å². The number of anilines is 1. The van der Waals surface area contributed by atoms with Gasteiger partial charge in [0.2, 0.25) is 5.91 Å². The molecule has 4 rings (SSSR count). The Hall–Kier alpha value is -2.75. The van der Waals surface area contributed by atoms with Crippen LogP contribution in [0.15, 0.2) is 60.9 Å². The number of hydrogen-bond acceptors (Lipinski definition) is 1. The summed E-state index contributed by atoms with van der Waals surface area (Å²) in [7, 11) is 3.96. The molecule has 0 atom stereocenters. The number of aromatic nitrogens is 2. The average Bonchev–Trinajstić information content (AvgIpc) is 3.18. The van der Waals surface area contributed by atoms with Crippen LogP contribution >= 0.6 is 0 Å². The molecule has 0 fully saturated rings. The van der Waals surface area contributed by atoms with Gasteiger partial charge in [-0.25, -0.2) is 0 Å². The normalized spacial score (nSPS) is 15.6. The van der Waals surface area contributed by atoms with E-state index in [1.54, 1.807) is 0 Å². The van der Waals surface area contributed by atoms with E-state index in [-0.39, 0.29) is 5.91 Å². The van der Waals surface area contributed by atoms with Crippen molar-refractivity contribution in [2.45, 2.75) is 5.41 Å². The predicted octanol–water partition coefficient (Wildman–Crippen LogP) is 2.65. The summed E-state index contributed by atoms with van der Waals surface area (Å²) in [4.78, 5) is 13.1. The summed E-state index contributed by atoms with van der Waals surface area (Å²) in [6, 6.07) is 15.9. The standard InChI is InChI=1S/C18H17N3O/c1-20-11-5-9-15(20)18(16-10-6-12-21(16)2)13-7-3-4-8-14(13)19-17(18)22/h3-12H,1-2H3,(H,19,22). The van der Waals surface area contributed by atoms with Gasteiger partial charge in [0.1, 0.15) is 0 Å². The maximum absolute atomic E-state index is 13.1. The number of fused-ring (bicyclic) bond motifs is 1. The fourth-order valence-corrected chi connectivity index (χ4v) is 3.60. The number of aryl methyl sites for hydroxylation is 2. The van der Waals surface area contributed by atoms with Crippen LogP contribution in [0.4, 0.5) is 5.69 Å². The van der Waals surface area contributed by atoms with Crippen LogP contribution in [0.1, 0.15) is 17.0 Å². The zero-order valence-corrected chi connectivity index (χ0v) is 12.6. The smallest absolute Gasteiger partial charge is 0.247 e. The van der Waals surface area contributed by atoms with Crippen LogP contribution in [0.2, 0.25) is 0 Å². The molecule has 1 amide bonds. The fourth-order valence-electron chi connectivity index (χ4n) is 3.60. The van der Waals surface area contributed by atoms with E-state index >= 15 is 0 Å². The summed E-state index contributed by atoms with van der Waals surface area (Å²) >= 11 is 0. The summed E-state index contributed by atoms with van der Waals surface area (Å²) in [6.07, 6.45) is 3.96. The number of carbonyl (C=O) groups excluding carboxylic acids is 1. The lowest BCUT2D eigenvalue weighted by atomic mass is 9.75. The van der Waals surface area contributed by atoms with E-state index in [2.05, 4.69) is 5.32 Å². The quantitative estimate of drug-likeness (QED) is 0.774. The van der Waals surface area contributed by atoms with Gasteiger partial charge in [-0.05, 0) is 30.3 Å². The summed E-state index contributed by atoms with van der Waals surface area (Å²) in [5.41, 5.74) is 3.01. The van der Waals surface area contributed by atoms with E-state index in [9.17, 15) is 4.79 Å². The van der Waals surface area contributed by atoms with Gasteiger partial charge in [0, 0.05) is 49.1 Å². The minimum Gasteiger partial charge on any atom is -0.353 e. The van der Waals surface area contributed by atoms with Crippen LogP contribution in [0, 0.1) is 0 Å². The van der Waals surface area contributed by atoms with Crippen molar-refractivity contribution in [2.75, 3.05) is 5.32 Å². The van der Waals surface area contributed by atoms with Crippen molar-refractivity contribution >= 4 is 11.6 Å². The molecule has 0 saturated heterocycles. The van der Waals surface area contributed by atoms with Crippen molar-refractivity contribution < 1.29 is 4.79 Å². The monoisotopic (exact) mass is 291 g/mol. The molecule has 0 radical (unpaired) electrons. The van der Waals surface area contributed by atoms with Crippen molar-refractivity contribution in [3.63, 3.8) is 0 Å². The lowest BCUT2D eigenvalue weighted by Crippen LogP contribution is -2.40. The Morgan fingerprint density at radius 1 is 0.864 bits per heavy atom. The molecule has 1 aromatic carbocycles. The van der Waals surface area contributed by atoms with E-state index in [0.717, 1.165) is 22.6 Å². The van der Waals surface area contributed by atoms with Crippen LogP contribution in [0.25, 0.3) is 0 Å². The Labute approximate surface area is 129 Å². The van der Waals surface area contributed by atoms with Gasteiger partial charge < -0.3 is 14.5 Å². The van der Waals surface area contributed by atoms with Crippen molar-refractivity contribution in [1.82, 2.24) is 9.13 Å². The van der Waals surface area contributed by atoms with Gasteiger partial charge in [0.05, 0.1) is 0 Å². The van der Waals surface area contributed by atoms with Gasteiger partial charge in [0.25, 0.3) is 0 Å². The maximum Gasteiger partial charge on any atom is 0.247 e. The van der Waals surface area contributed by atoms with Crippen LogP contribution in [-0.2, 0) is 24.3 Å². The largest absolute Gasteiger partial charge is 0.353 e. The molecule has 2 aromatic heterocycles. The molecule has 4 heteroatoms. The number of benzene rings is 1.